The second-order valence-corrected chi connectivity index (χ2v) is 3.11. The van der Waals surface area contributed by atoms with Gasteiger partial charge in [-0.05, 0) is 28.1 Å². The van der Waals surface area contributed by atoms with E-state index in [1.165, 1.54) is 0 Å². The molecular formula is C8H4BrN3. The Morgan fingerprint density at radius 3 is 3.08 bits per heavy atom. The largest absolute Gasteiger partial charge is 0.278 e. The Morgan fingerprint density at radius 2 is 2.33 bits per heavy atom. The fourth-order valence-corrected chi connectivity index (χ4v) is 1.60. The van der Waals surface area contributed by atoms with Gasteiger partial charge in [0.25, 0.3) is 0 Å². The second-order valence-electron chi connectivity index (χ2n) is 2.30. The number of pyridine rings is 1. The average molecular weight is 222 g/mol. The number of hydrogen-bond donors (Lipinski definition) is 0. The van der Waals surface area contributed by atoms with E-state index in [1.807, 2.05) is 18.2 Å². The highest BCUT2D eigenvalue weighted by atomic mass is 79.9. The van der Waals surface area contributed by atoms with Crippen molar-refractivity contribution in [1.29, 1.82) is 5.26 Å². The lowest BCUT2D eigenvalue weighted by Crippen LogP contribution is -1.88. The van der Waals surface area contributed by atoms with Crippen LogP contribution in [0, 0.1) is 11.3 Å². The van der Waals surface area contributed by atoms with Crippen molar-refractivity contribution in [2.24, 2.45) is 0 Å². The molecule has 2 aromatic heterocycles. The van der Waals surface area contributed by atoms with Crippen LogP contribution in [0.3, 0.4) is 0 Å². The molecule has 0 aliphatic rings. The van der Waals surface area contributed by atoms with Crippen LogP contribution in [0.4, 0.5) is 0 Å². The summed E-state index contributed by atoms with van der Waals surface area (Å²) in [5.74, 6) is 0. The summed E-state index contributed by atoms with van der Waals surface area (Å²) >= 11 is 3.34. The van der Waals surface area contributed by atoms with Gasteiger partial charge in [-0.2, -0.15) is 5.26 Å². The quantitative estimate of drug-likeness (QED) is 0.639. The molecule has 0 amide bonds. The standard InChI is InChI=1S/C8H4BrN3/c9-7-2-1-3-8-11-5-6(4-10)12(7)8/h1-3,5H. The summed E-state index contributed by atoms with van der Waals surface area (Å²) in [7, 11) is 0. The van der Waals surface area contributed by atoms with Gasteiger partial charge in [-0.15, -0.1) is 0 Å². The van der Waals surface area contributed by atoms with Gasteiger partial charge in [0.05, 0.1) is 10.8 Å². The summed E-state index contributed by atoms with van der Waals surface area (Å²) < 4.78 is 2.59. The monoisotopic (exact) mass is 221 g/mol. The third-order valence-electron chi connectivity index (χ3n) is 1.60. The van der Waals surface area contributed by atoms with E-state index in [-0.39, 0.29) is 0 Å². The van der Waals surface area contributed by atoms with Crippen LogP contribution in [0.1, 0.15) is 5.69 Å². The highest BCUT2D eigenvalue weighted by Gasteiger charge is 2.03. The number of aromatic nitrogens is 2. The maximum atomic E-state index is 8.72. The van der Waals surface area contributed by atoms with Gasteiger partial charge in [0.15, 0.2) is 0 Å². The summed E-state index contributed by atoms with van der Waals surface area (Å²) in [5, 5.41) is 8.72. The van der Waals surface area contributed by atoms with Crippen molar-refractivity contribution in [2.45, 2.75) is 0 Å². The van der Waals surface area contributed by atoms with Crippen LogP contribution < -0.4 is 0 Å². The Balaban J connectivity index is 2.95. The van der Waals surface area contributed by atoms with Crippen molar-refractivity contribution in [2.75, 3.05) is 0 Å². The van der Waals surface area contributed by atoms with Gasteiger partial charge in [-0.3, -0.25) is 4.40 Å². The maximum Gasteiger partial charge on any atom is 0.145 e. The lowest BCUT2D eigenvalue weighted by molar-refractivity contribution is 1.11. The molecule has 0 aromatic carbocycles. The molecule has 0 radical (unpaired) electrons. The first-order valence-corrected chi connectivity index (χ1v) is 4.14. The lowest BCUT2D eigenvalue weighted by Gasteiger charge is -1.96. The first-order chi connectivity index (χ1) is 5.83. The third-order valence-corrected chi connectivity index (χ3v) is 2.22. The number of fused-ring (bicyclic) bond motifs is 1. The van der Waals surface area contributed by atoms with E-state index in [0.717, 1.165) is 10.3 Å². The van der Waals surface area contributed by atoms with Crippen LogP contribution in [-0.4, -0.2) is 9.38 Å². The number of imidazole rings is 1. The van der Waals surface area contributed by atoms with E-state index in [0.29, 0.717) is 5.69 Å². The van der Waals surface area contributed by atoms with Gasteiger partial charge < -0.3 is 0 Å². The number of rotatable bonds is 0. The predicted octanol–water partition coefficient (Wildman–Crippen LogP) is 1.97. The molecule has 0 saturated carbocycles. The summed E-state index contributed by atoms with van der Waals surface area (Å²) in [6, 6.07) is 7.67. The fraction of sp³-hybridized carbons (Fsp3) is 0. The van der Waals surface area contributed by atoms with Gasteiger partial charge in [-0.25, -0.2) is 4.98 Å². The van der Waals surface area contributed by atoms with Gasteiger partial charge in [0.1, 0.15) is 17.4 Å². The minimum Gasteiger partial charge on any atom is -0.278 e. The van der Waals surface area contributed by atoms with E-state index in [9.17, 15) is 0 Å². The molecule has 0 saturated heterocycles. The molecule has 12 heavy (non-hydrogen) atoms. The van der Waals surface area contributed by atoms with Crippen LogP contribution in [0.5, 0.6) is 0 Å². The van der Waals surface area contributed by atoms with E-state index >= 15 is 0 Å². The Kier molecular flexibility index (Phi) is 1.59. The Hall–Kier alpha value is -1.34. The molecule has 4 heteroatoms. The Labute approximate surface area is 77.4 Å². The second kappa shape index (κ2) is 2.61. The van der Waals surface area contributed by atoms with Gasteiger partial charge in [0.2, 0.25) is 0 Å². The fourth-order valence-electron chi connectivity index (χ4n) is 1.08. The van der Waals surface area contributed by atoms with E-state index < -0.39 is 0 Å². The molecule has 2 heterocycles. The molecule has 0 spiro atoms. The van der Waals surface area contributed by atoms with Crippen molar-refractivity contribution < 1.29 is 0 Å². The molecule has 0 aliphatic heterocycles. The minimum atomic E-state index is 0.539. The van der Waals surface area contributed by atoms with Crippen LogP contribution >= 0.6 is 15.9 Å². The Bertz CT molecular complexity index is 467. The van der Waals surface area contributed by atoms with Crippen molar-refractivity contribution in [3.05, 3.63) is 34.7 Å². The zero-order valence-electron chi connectivity index (χ0n) is 6.03. The topological polar surface area (TPSA) is 41.1 Å². The molecule has 3 nitrogen and oxygen atoms in total. The SMILES string of the molecule is N#Cc1cnc2cccc(Br)n12. The normalized spacial score (nSPS) is 10.0. The van der Waals surface area contributed by atoms with Gasteiger partial charge >= 0.3 is 0 Å². The highest BCUT2D eigenvalue weighted by Crippen LogP contribution is 2.14. The smallest absolute Gasteiger partial charge is 0.145 e. The van der Waals surface area contributed by atoms with Crippen molar-refractivity contribution in [1.82, 2.24) is 9.38 Å². The van der Waals surface area contributed by atoms with Crippen molar-refractivity contribution in [3.63, 3.8) is 0 Å². The summed E-state index contributed by atoms with van der Waals surface area (Å²) in [6.45, 7) is 0. The molecule has 2 aromatic rings. The average Bonchev–Trinajstić information content (AvgIpc) is 2.49. The molecule has 0 N–H and O–H groups in total. The molecule has 58 valence electrons. The summed E-state index contributed by atoms with van der Waals surface area (Å²) in [6.07, 6.45) is 1.56. The van der Waals surface area contributed by atoms with Crippen LogP contribution in [0.2, 0.25) is 0 Å². The molecule has 0 fully saturated rings. The molecule has 2 rings (SSSR count). The van der Waals surface area contributed by atoms with Crippen molar-refractivity contribution >= 4 is 21.6 Å². The highest BCUT2D eigenvalue weighted by molar-refractivity contribution is 9.10. The zero-order chi connectivity index (χ0) is 8.55. The molecule has 0 aliphatic carbocycles. The number of nitriles is 1. The maximum absolute atomic E-state index is 8.72. The number of nitrogens with zero attached hydrogens (tertiary/aromatic N) is 3. The predicted molar refractivity (Wildman–Crippen MR) is 47.6 cm³/mol. The van der Waals surface area contributed by atoms with Crippen LogP contribution in [0.15, 0.2) is 29.0 Å². The first kappa shape index (κ1) is 7.32. The zero-order valence-corrected chi connectivity index (χ0v) is 7.62. The number of hydrogen-bond acceptors (Lipinski definition) is 2. The third kappa shape index (κ3) is 0.908. The molecule has 0 atom stereocenters. The molecule has 0 bridgehead atoms. The summed E-state index contributed by atoms with van der Waals surface area (Å²) in [4.78, 5) is 4.06. The van der Waals surface area contributed by atoms with Crippen LogP contribution in [0.25, 0.3) is 5.65 Å². The van der Waals surface area contributed by atoms with Gasteiger partial charge in [-0.1, -0.05) is 6.07 Å². The molecule has 0 unspecified atom stereocenters. The van der Waals surface area contributed by atoms with E-state index in [2.05, 4.69) is 27.0 Å². The van der Waals surface area contributed by atoms with Crippen LogP contribution in [-0.2, 0) is 0 Å². The van der Waals surface area contributed by atoms with Gasteiger partial charge in [0, 0.05) is 0 Å². The first-order valence-electron chi connectivity index (χ1n) is 3.35. The molecular weight excluding hydrogens is 218 g/mol. The minimum absolute atomic E-state index is 0.539. The van der Waals surface area contributed by atoms with E-state index in [1.54, 1.807) is 10.6 Å². The Morgan fingerprint density at radius 1 is 1.50 bits per heavy atom. The summed E-state index contributed by atoms with van der Waals surface area (Å²) in [5.41, 5.74) is 1.32. The number of halogens is 1. The van der Waals surface area contributed by atoms with E-state index in [4.69, 9.17) is 5.26 Å². The van der Waals surface area contributed by atoms with Crippen molar-refractivity contribution in [3.8, 4) is 6.07 Å². The lowest BCUT2D eigenvalue weighted by atomic mass is 10.4.